The fraction of sp³-hybridized carbons (Fsp3) is 0. The maximum absolute atomic E-state index is 12.2. The van der Waals surface area contributed by atoms with Gasteiger partial charge >= 0.3 is 26.4 Å². The molecule has 4 nitrogen and oxygen atoms in total. The summed E-state index contributed by atoms with van der Waals surface area (Å²) in [5.74, 6) is -2.47. The molecule has 0 saturated carbocycles. The molecule has 0 radical (unpaired) electrons. The van der Waals surface area contributed by atoms with Gasteiger partial charge in [-0.15, -0.1) is 0 Å². The number of amides is 1. The van der Waals surface area contributed by atoms with Crippen molar-refractivity contribution in [1.82, 2.24) is 0 Å². The van der Waals surface area contributed by atoms with Crippen LogP contribution in [0.5, 0.6) is 0 Å². The summed E-state index contributed by atoms with van der Waals surface area (Å²) in [7, 11) is -19.3. The standard InChI is InChI=1S/C7H6F5NOS.C7H5F5O2S/c2*8-15(9,10,11,12)6-3-1-5(2-4-6)7(13)14/h1-4H,(H2,13,14);1-4H,(H,13,14). The largest absolute Gasteiger partial charge is 0.478 e. The van der Waals surface area contributed by atoms with Gasteiger partial charge in [-0.05, 0) is 48.5 Å². The minimum atomic E-state index is -9.68. The van der Waals surface area contributed by atoms with Crippen LogP contribution in [-0.4, -0.2) is 17.0 Å². The number of carbonyl (C=O) groups is 2. The summed E-state index contributed by atoms with van der Waals surface area (Å²) in [4.78, 5) is 16.6. The Labute approximate surface area is 161 Å². The average molecular weight is 495 g/mol. The fourth-order valence-corrected chi connectivity index (χ4v) is 3.03. The Kier molecular flexibility index (Phi) is 5.05. The second-order valence-corrected chi connectivity index (χ2v) is 10.5. The first-order chi connectivity index (χ1) is 12.8. The van der Waals surface area contributed by atoms with Gasteiger partial charge in [0.1, 0.15) is 9.79 Å². The van der Waals surface area contributed by atoms with E-state index in [9.17, 15) is 48.4 Å². The van der Waals surface area contributed by atoms with Crippen LogP contribution in [0.1, 0.15) is 20.7 Å². The summed E-state index contributed by atoms with van der Waals surface area (Å²) < 4.78 is 121. The number of hydrogen-bond donors (Lipinski definition) is 2. The first-order valence-corrected chi connectivity index (χ1v) is 10.9. The molecule has 0 aliphatic carbocycles. The zero-order valence-corrected chi connectivity index (χ0v) is 15.7. The third-order valence-corrected chi connectivity index (χ3v) is 5.46. The Morgan fingerprint density at radius 3 is 1.07 bits per heavy atom. The van der Waals surface area contributed by atoms with Crippen molar-refractivity contribution in [2.45, 2.75) is 9.79 Å². The van der Waals surface area contributed by atoms with Crippen molar-refractivity contribution < 1.29 is 53.6 Å². The van der Waals surface area contributed by atoms with Crippen molar-refractivity contribution in [2.24, 2.45) is 5.73 Å². The van der Waals surface area contributed by atoms with Crippen molar-refractivity contribution in [1.29, 1.82) is 0 Å². The van der Waals surface area contributed by atoms with Gasteiger partial charge in [-0.1, -0.05) is 38.9 Å². The minimum Gasteiger partial charge on any atom is -0.478 e. The summed E-state index contributed by atoms with van der Waals surface area (Å²) in [6, 6.07) is 2.58. The third-order valence-electron chi connectivity index (χ3n) is 3.13. The molecule has 0 aliphatic heterocycles. The highest BCUT2D eigenvalue weighted by atomic mass is 32.5. The van der Waals surface area contributed by atoms with E-state index in [2.05, 4.69) is 0 Å². The van der Waals surface area contributed by atoms with E-state index in [4.69, 9.17) is 10.8 Å². The van der Waals surface area contributed by atoms with E-state index in [1.807, 2.05) is 0 Å². The van der Waals surface area contributed by atoms with Gasteiger partial charge in [-0.3, -0.25) is 4.79 Å². The molecular weight excluding hydrogens is 484 g/mol. The highest BCUT2D eigenvalue weighted by Gasteiger charge is 2.66. The highest BCUT2D eigenvalue weighted by Crippen LogP contribution is 3.02. The molecule has 2 aromatic carbocycles. The topological polar surface area (TPSA) is 80.4 Å². The predicted octanol–water partition coefficient (Wildman–Crippen LogP) is 7.49. The maximum atomic E-state index is 12.2. The van der Waals surface area contributed by atoms with E-state index in [0.29, 0.717) is 24.3 Å². The van der Waals surface area contributed by atoms with Gasteiger partial charge in [0.15, 0.2) is 0 Å². The van der Waals surface area contributed by atoms with Crippen LogP contribution in [0.2, 0.25) is 0 Å². The fourth-order valence-electron chi connectivity index (χ4n) is 1.73. The first kappa shape index (κ1) is 25.4. The Balaban J connectivity index is 0.000000300. The average Bonchev–Trinajstić information content (AvgIpc) is 2.51. The van der Waals surface area contributed by atoms with Gasteiger partial charge in [0.05, 0.1) is 5.56 Å². The maximum Gasteiger partial charge on any atom is 0.335 e. The Bertz CT molecular complexity index is 901. The number of nitrogens with two attached hydrogens (primary N) is 1. The molecule has 0 atom stereocenters. The molecule has 2 rings (SSSR count). The second-order valence-electron chi connectivity index (χ2n) is 5.66. The van der Waals surface area contributed by atoms with E-state index in [1.54, 1.807) is 0 Å². The molecule has 0 unspecified atom stereocenters. The van der Waals surface area contributed by atoms with Crippen molar-refractivity contribution in [2.75, 3.05) is 0 Å². The van der Waals surface area contributed by atoms with Crippen LogP contribution >= 0.6 is 20.4 Å². The zero-order valence-electron chi connectivity index (χ0n) is 14.1. The van der Waals surface area contributed by atoms with E-state index < -0.39 is 47.7 Å². The molecule has 0 fully saturated rings. The van der Waals surface area contributed by atoms with Crippen molar-refractivity contribution in [3.63, 3.8) is 0 Å². The Hall–Kier alpha value is -2.62. The van der Waals surface area contributed by atoms with E-state index in [-0.39, 0.29) is 29.8 Å². The smallest absolute Gasteiger partial charge is 0.335 e. The number of primary amides is 1. The molecular formula is C14H11F10NO3S2. The Morgan fingerprint density at radius 1 is 0.600 bits per heavy atom. The summed E-state index contributed by atoms with van der Waals surface area (Å²) >= 11 is 0. The lowest BCUT2D eigenvalue weighted by Crippen LogP contribution is -2.12. The van der Waals surface area contributed by atoms with Crippen LogP contribution in [-0.2, 0) is 0 Å². The predicted molar refractivity (Wildman–Crippen MR) is 91.2 cm³/mol. The van der Waals surface area contributed by atoms with Gasteiger partial charge in [0.25, 0.3) is 0 Å². The summed E-state index contributed by atoms with van der Waals surface area (Å²) in [6.07, 6.45) is 0. The van der Waals surface area contributed by atoms with Gasteiger partial charge in [0, 0.05) is 5.56 Å². The molecule has 0 heterocycles. The van der Waals surface area contributed by atoms with Crippen molar-refractivity contribution in [3.05, 3.63) is 59.7 Å². The lowest BCUT2D eigenvalue weighted by atomic mass is 10.2. The summed E-state index contributed by atoms with van der Waals surface area (Å²) in [6.45, 7) is 0. The molecule has 0 spiro atoms. The number of hydrogen-bond acceptors (Lipinski definition) is 2. The molecule has 0 aliphatic rings. The normalized spacial score (nSPS) is 16.6. The monoisotopic (exact) mass is 495 g/mol. The van der Waals surface area contributed by atoms with Gasteiger partial charge < -0.3 is 10.8 Å². The molecule has 30 heavy (non-hydrogen) atoms. The number of halogens is 10. The van der Waals surface area contributed by atoms with Crippen molar-refractivity contribution in [3.8, 4) is 0 Å². The molecule has 0 bridgehead atoms. The van der Waals surface area contributed by atoms with Gasteiger partial charge in [-0.25, -0.2) is 4.79 Å². The summed E-state index contributed by atoms with van der Waals surface area (Å²) in [5, 5.41) is 8.35. The van der Waals surface area contributed by atoms with Crippen LogP contribution < -0.4 is 5.73 Å². The van der Waals surface area contributed by atoms with E-state index >= 15 is 0 Å². The summed E-state index contributed by atoms with van der Waals surface area (Å²) in [5.41, 5.74) is 3.99. The third kappa shape index (κ3) is 7.33. The molecule has 172 valence electrons. The van der Waals surface area contributed by atoms with E-state index in [1.165, 1.54) is 0 Å². The van der Waals surface area contributed by atoms with Gasteiger partial charge in [-0.2, -0.15) is 0 Å². The Morgan fingerprint density at radius 2 is 0.867 bits per heavy atom. The number of carbonyl (C=O) groups excluding carboxylic acids is 1. The van der Waals surface area contributed by atoms with Crippen molar-refractivity contribution >= 4 is 32.3 Å². The molecule has 1 amide bonds. The number of carboxylic acid groups (broad SMARTS) is 1. The van der Waals surface area contributed by atoms with Crippen LogP contribution in [0, 0.1) is 0 Å². The molecule has 3 N–H and O–H groups in total. The quantitative estimate of drug-likeness (QED) is 0.432. The van der Waals surface area contributed by atoms with Crippen LogP contribution in [0.3, 0.4) is 0 Å². The lowest BCUT2D eigenvalue weighted by molar-refractivity contribution is 0.0696. The second kappa shape index (κ2) is 5.96. The number of carboxylic acids is 1. The molecule has 0 aromatic heterocycles. The molecule has 2 aromatic rings. The minimum absolute atomic E-state index is 0.0605. The highest BCUT2D eigenvalue weighted by molar-refractivity contribution is 8.46. The van der Waals surface area contributed by atoms with E-state index in [0.717, 1.165) is 0 Å². The molecule has 16 heteroatoms. The zero-order chi connectivity index (χ0) is 23.9. The van der Waals surface area contributed by atoms with Crippen LogP contribution in [0.4, 0.5) is 38.9 Å². The van der Waals surface area contributed by atoms with Gasteiger partial charge in [0.2, 0.25) is 5.91 Å². The van der Waals surface area contributed by atoms with Crippen LogP contribution in [0.25, 0.3) is 0 Å². The first-order valence-electron chi connectivity index (χ1n) is 7.01. The number of rotatable bonds is 4. The van der Waals surface area contributed by atoms with Crippen LogP contribution in [0.15, 0.2) is 58.3 Å². The number of aromatic carboxylic acids is 1. The molecule has 0 saturated heterocycles. The lowest BCUT2D eigenvalue weighted by Gasteiger charge is -2.40. The number of benzene rings is 2. The SMILES string of the molecule is NC(=O)c1ccc(S(F)(F)(F)(F)F)cc1.O=C(O)c1ccc(S(F)(F)(F)(F)F)cc1.